The highest BCUT2D eigenvalue weighted by molar-refractivity contribution is 5.97. The van der Waals surface area contributed by atoms with E-state index in [1.807, 2.05) is 5.32 Å². The molecule has 1 atom stereocenters. The van der Waals surface area contributed by atoms with Crippen LogP contribution in [0.25, 0.3) is 0 Å². The Morgan fingerprint density at radius 3 is 2.28 bits per heavy atom. The van der Waals surface area contributed by atoms with E-state index in [1.165, 1.54) is 0 Å². The number of amides is 2. The third kappa shape index (κ3) is 3.45. The minimum absolute atomic E-state index is 0.282. The van der Waals surface area contributed by atoms with E-state index in [2.05, 4.69) is 0 Å². The molecule has 0 saturated heterocycles. The predicted octanol–water partition coefficient (Wildman–Crippen LogP) is 0.245. The standard InChI is InChI=1S/C10H10F3N3O2/c11-4-1-6(13)8(2-5(4)12)16-10(18)7(14)3-9(15)17/h1-2,7H,3,14H2,(H2,15,17)(H,16,18). The molecule has 98 valence electrons. The fraction of sp³-hybridized carbons (Fsp3) is 0.200. The van der Waals surface area contributed by atoms with Gasteiger partial charge in [0, 0.05) is 12.1 Å². The Labute approximate surface area is 99.9 Å². The summed E-state index contributed by atoms with van der Waals surface area (Å²) < 4.78 is 38.6. The Morgan fingerprint density at radius 2 is 1.72 bits per heavy atom. The second-order valence-corrected chi connectivity index (χ2v) is 3.51. The summed E-state index contributed by atoms with van der Waals surface area (Å²) in [4.78, 5) is 21.9. The molecule has 0 aliphatic rings. The van der Waals surface area contributed by atoms with Gasteiger partial charge in [-0.3, -0.25) is 9.59 Å². The molecule has 0 radical (unpaired) electrons. The van der Waals surface area contributed by atoms with Gasteiger partial charge < -0.3 is 16.8 Å². The van der Waals surface area contributed by atoms with Gasteiger partial charge in [0.2, 0.25) is 11.8 Å². The van der Waals surface area contributed by atoms with Crippen molar-refractivity contribution < 1.29 is 22.8 Å². The molecule has 0 fully saturated rings. The maximum atomic E-state index is 13.2. The third-order valence-electron chi connectivity index (χ3n) is 2.03. The summed E-state index contributed by atoms with van der Waals surface area (Å²) in [5.41, 5.74) is 9.53. The van der Waals surface area contributed by atoms with Gasteiger partial charge in [-0.05, 0) is 0 Å². The summed E-state index contributed by atoms with van der Waals surface area (Å²) in [5.74, 6) is -5.61. The lowest BCUT2D eigenvalue weighted by molar-refractivity contribution is -0.123. The van der Waals surface area contributed by atoms with Crippen LogP contribution in [0.1, 0.15) is 6.42 Å². The van der Waals surface area contributed by atoms with Crippen LogP contribution in [-0.4, -0.2) is 17.9 Å². The van der Waals surface area contributed by atoms with Gasteiger partial charge in [-0.15, -0.1) is 0 Å². The van der Waals surface area contributed by atoms with Gasteiger partial charge in [-0.25, -0.2) is 13.2 Å². The van der Waals surface area contributed by atoms with E-state index >= 15 is 0 Å². The summed E-state index contributed by atoms with van der Waals surface area (Å²) in [6.45, 7) is 0. The van der Waals surface area contributed by atoms with Crippen LogP contribution in [0, 0.1) is 17.5 Å². The topological polar surface area (TPSA) is 98.2 Å². The highest BCUT2D eigenvalue weighted by atomic mass is 19.2. The van der Waals surface area contributed by atoms with E-state index in [9.17, 15) is 22.8 Å². The number of halogens is 3. The number of hydrogen-bond acceptors (Lipinski definition) is 3. The van der Waals surface area contributed by atoms with E-state index in [-0.39, 0.29) is 6.07 Å². The number of benzene rings is 1. The Kier molecular flexibility index (Phi) is 4.27. The number of carbonyl (C=O) groups is 2. The minimum atomic E-state index is -1.38. The maximum absolute atomic E-state index is 13.2. The molecule has 0 spiro atoms. The summed E-state index contributed by atoms with van der Waals surface area (Å²) in [7, 11) is 0. The average Bonchev–Trinajstić information content (AvgIpc) is 2.24. The summed E-state index contributed by atoms with van der Waals surface area (Å²) in [6, 6.07) is -0.542. The lowest BCUT2D eigenvalue weighted by Crippen LogP contribution is -2.39. The smallest absolute Gasteiger partial charge is 0.241 e. The molecule has 5 nitrogen and oxygen atoms in total. The van der Waals surface area contributed by atoms with Crippen LogP contribution in [0.2, 0.25) is 0 Å². The van der Waals surface area contributed by atoms with Gasteiger partial charge in [0.05, 0.1) is 18.2 Å². The fourth-order valence-electron chi connectivity index (χ4n) is 1.15. The number of nitrogens with two attached hydrogens (primary N) is 2. The summed E-state index contributed by atoms with van der Waals surface area (Å²) >= 11 is 0. The Hall–Kier alpha value is -2.09. The molecule has 0 saturated carbocycles. The highest BCUT2D eigenvalue weighted by Gasteiger charge is 2.18. The number of anilines is 1. The van der Waals surface area contributed by atoms with Crippen LogP contribution < -0.4 is 16.8 Å². The van der Waals surface area contributed by atoms with Crippen molar-refractivity contribution in [3.8, 4) is 0 Å². The molecule has 0 heterocycles. The van der Waals surface area contributed by atoms with E-state index in [0.717, 1.165) is 0 Å². The van der Waals surface area contributed by atoms with Gasteiger partial charge >= 0.3 is 0 Å². The van der Waals surface area contributed by atoms with Gasteiger partial charge in [-0.1, -0.05) is 0 Å². The SMILES string of the molecule is NC(=O)CC(N)C(=O)Nc1cc(F)c(F)cc1F. The molecular formula is C10H10F3N3O2. The molecule has 2 amide bonds. The van der Waals surface area contributed by atoms with Crippen LogP contribution in [0.3, 0.4) is 0 Å². The fourth-order valence-corrected chi connectivity index (χ4v) is 1.15. The summed E-state index contributed by atoms with van der Waals surface area (Å²) in [5, 5.41) is 1.93. The zero-order valence-corrected chi connectivity index (χ0v) is 9.04. The van der Waals surface area contributed by atoms with Crippen molar-refractivity contribution in [2.75, 3.05) is 5.32 Å². The second kappa shape index (κ2) is 5.50. The molecule has 0 bridgehead atoms. The molecule has 5 N–H and O–H groups in total. The molecule has 1 rings (SSSR count). The predicted molar refractivity (Wildman–Crippen MR) is 56.7 cm³/mol. The Morgan fingerprint density at radius 1 is 1.17 bits per heavy atom. The number of primary amides is 1. The molecule has 1 unspecified atom stereocenters. The molecule has 8 heteroatoms. The van der Waals surface area contributed by atoms with Crippen molar-refractivity contribution in [3.05, 3.63) is 29.6 Å². The van der Waals surface area contributed by atoms with Crippen molar-refractivity contribution in [2.45, 2.75) is 12.5 Å². The van der Waals surface area contributed by atoms with Crippen molar-refractivity contribution >= 4 is 17.5 Å². The molecule has 1 aromatic rings. The highest BCUT2D eigenvalue weighted by Crippen LogP contribution is 2.18. The van der Waals surface area contributed by atoms with E-state index in [1.54, 1.807) is 0 Å². The molecule has 0 aliphatic heterocycles. The molecule has 0 aliphatic carbocycles. The monoisotopic (exact) mass is 261 g/mol. The molecule has 1 aromatic carbocycles. The third-order valence-corrected chi connectivity index (χ3v) is 2.03. The van der Waals surface area contributed by atoms with Crippen LogP contribution in [0.4, 0.5) is 18.9 Å². The first-order valence-electron chi connectivity index (χ1n) is 4.80. The summed E-state index contributed by atoms with van der Waals surface area (Å²) in [6.07, 6.45) is -0.447. The minimum Gasteiger partial charge on any atom is -0.370 e. The van der Waals surface area contributed by atoms with Crippen LogP contribution in [0.5, 0.6) is 0 Å². The van der Waals surface area contributed by atoms with Crippen molar-refractivity contribution in [3.63, 3.8) is 0 Å². The second-order valence-electron chi connectivity index (χ2n) is 3.51. The van der Waals surface area contributed by atoms with Gasteiger partial charge in [0.1, 0.15) is 5.82 Å². The normalized spacial score (nSPS) is 12.0. The van der Waals surface area contributed by atoms with Gasteiger partial charge in [0.25, 0.3) is 0 Å². The Bertz CT molecular complexity index is 494. The molecule has 0 aromatic heterocycles. The van der Waals surface area contributed by atoms with Crippen LogP contribution in [0.15, 0.2) is 12.1 Å². The number of rotatable bonds is 4. The average molecular weight is 261 g/mol. The van der Waals surface area contributed by atoms with Crippen LogP contribution >= 0.6 is 0 Å². The van der Waals surface area contributed by atoms with Gasteiger partial charge in [0.15, 0.2) is 11.6 Å². The van der Waals surface area contributed by atoms with E-state index < -0.39 is 47.4 Å². The molecular weight excluding hydrogens is 251 g/mol. The van der Waals surface area contributed by atoms with Crippen molar-refractivity contribution in [1.29, 1.82) is 0 Å². The lowest BCUT2D eigenvalue weighted by Gasteiger charge is -2.11. The zero-order chi connectivity index (χ0) is 13.9. The lowest BCUT2D eigenvalue weighted by atomic mass is 10.2. The van der Waals surface area contributed by atoms with Gasteiger partial charge in [-0.2, -0.15) is 0 Å². The van der Waals surface area contributed by atoms with Crippen LogP contribution in [-0.2, 0) is 9.59 Å². The molecule has 18 heavy (non-hydrogen) atoms. The number of carbonyl (C=O) groups excluding carboxylic acids is 2. The maximum Gasteiger partial charge on any atom is 0.241 e. The van der Waals surface area contributed by atoms with Crippen molar-refractivity contribution in [1.82, 2.24) is 0 Å². The van der Waals surface area contributed by atoms with E-state index in [4.69, 9.17) is 11.5 Å². The zero-order valence-electron chi connectivity index (χ0n) is 9.04. The number of nitrogens with one attached hydrogen (secondary N) is 1. The largest absolute Gasteiger partial charge is 0.370 e. The quantitative estimate of drug-likeness (QED) is 0.677. The first-order valence-corrected chi connectivity index (χ1v) is 4.80. The first-order chi connectivity index (χ1) is 8.31. The Balaban J connectivity index is 2.82. The van der Waals surface area contributed by atoms with Crippen molar-refractivity contribution in [2.24, 2.45) is 11.5 Å². The number of hydrogen-bond donors (Lipinski definition) is 3. The van der Waals surface area contributed by atoms with E-state index in [0.29, 0.717) is 6.07 Å². The first kappa shape index (κ1) is 14.0.